The van der Waals surface area contributed by atoms with Crippen molar-refractivity contribution in [3.63, 3.8) is 0 Å². The number of carbonyl (C=O) groups is 3. The molecule has 0 saturated heterocycles. The molecule has 0 spiro atoms. The zero-order valence-electron chi connectivity index (χ0n) is 43.9. The fraction of sp³-hybridized carbons (Fsp3) is 0.721. The second kappa shape index (κ2) is 55.2. The molecular formula is C61H104O6. The summed E-state index contributed by atoms with van der Waals surface area (Å²) in [7, 11) is 0. The molecule has 6 nitrogen and oxygen atoms in total. The number of hydrogen-bond donors (Lipinski definition) is 0. The van der Waals surface area contributed by atoms with Gasteiger partial charge in [0.2, 0.25) is 0 Å². The fourth-order valence-electron chi connectivity index (χ4n) is 7.68. The lowest BCUT2D eigenvalue weighted by Gasteiger charge is -2.18. The molecule has 384 valence electrons. The second-order valence-corrected chi connectivity index (χ2v) is 18.5. The third-order valence-electron chi connectivity index (χ3n) is 11.9. The minimum atomic E-state index is -0.778. The molecule has 0 aliphatic heterocycles. The second-order valence-electron chi connectivity index (χ2n) is 18.5. The molecule has 6 heteroatoms. The summed E-state index contributed by atoms with van der Waals surface area (Å²) in [4.78, 5) is 37.9. The van der Waals surface area contributed by atoms with Crippen LogP contribution in [0.3, 0.4) is 0 Å². The number of hydrogen-bond acceptors (Lipinski definition) is 6. The largest absolute Gasteiger partial charge is 0.462 e. The molecule has 1 unspecified atom stereocenters. The van der Waals surface area contributed by atoms with Crippen LogP contribution in [0.15, 0.2) is 85.1 Å². The van der Waals surface area contributed by atoms with Crippen LogP contribution in [0, 0.1) is 0 Å². The topological polar surface area (TPSA) is 78.9 Å². The Hall–Kier alpha value is -3.41. The first-order valence-corrected chi connectivity index (χ1v) is 28.1. The number of carbonyl (C=O) groups excluding carboxylic acids is 3. The van der Waals surface area contributed by atoms with Crippen LogP contribution in [0.1, 0.15) is 265 Å². The summed E-state index contributed by atoms with van der Waals surface area (Å²) in [6.07, 6.45) is 71.6. The summed E-state index contributed by atoms with van der Waals surface area (Å²) in [6.45, 7) is 6.44. The van der Waals surface area contributed by atoms with E-state index in [1.165, 1.54) is 109 Å². The molecule has 67 heavy (non-hydrogen) atoms. The van der Waals surface area contributed by atoms with Gasteiger partial charge < -0.3 is 14.2 Å². The van der Waals surface area contributed by atoms with E-state index >= 15 is 0 Å². The van der Waals surface area contributed by atoms with Gasteiger partial charge in [0.05, 0.1) is 0 Å². The SMILES string of the molecule is CC/C=C\C/C=C\C/C=C\C/C=C\C/C=C\C/C=C\CCCCCCCCCCCCC(=O)OCC(COC(=O)CCCCCCCCCCCC)OC(=O)CCCCCCC/C=C\CCC. The van der Waals surface area contributed by atoms with Crippen molar-refractivity contribution >= 4 is 17.9 Å². The number of unbranched alkanes of at least 4 members (excludes halogenated alkanes) is 25. The van der Waals surface area contributed by atoms with Crippen molar-refractivity contribution in [3.8, 4) is 0 Å². The van der Waals surface area contributed by atoms with Gasteiger partial charge in [0.15, 0.2) is 6.10 Å². The minimum Gasteiger partial charge on any atom is -0.462 e. The number of allylic oxidation sites excluding steroid dienone is 14. The van der Waals surface area contributed by atoms with Crippen molar-refractivity contribution in [3.05, 3.63) is 85.1 Å². The Morgan fingerprint density at radius 2 is 0.612 bits per heavy atom. The van der Waals surface area contributed by atoms with Crippen LogP contribution >= 0.6 is 0 Å². The lowest BCUT2D eigenvalue weighted by atomic mass is 10.1. The van der Waals surface area contributed by atoms with E-state index in [1.54, 1.807) is 0 Å². The fourth-order valence-corrected chi connectivity index (χ4v) is 7.68. The average molecular weight is 933 g/mol. The molecule has 0 bridgehead atoms. The van der Waals surface area contributed by atoms with E-state index in [1.807, 2.05) is 0 Å². The van der Waals surface area contributed by atoms with Crippen LogP contribution in [0.4, 0.5) is 0 Å². The summed E-state index contributed by atoms with van der Waals surface area (Å²) in [5.41, 5.74) is 0. The summed E-state index contributed by atoms with van der Waals surface area (Å²) in [6, 6.07) is 0. The van der Waals surface area contributed by atoms with Crippen molar-refractivity contribution in [1.29, 1.82) is 0 Å². The molecule has 0 rings (SSSR count). The first-order chi connectivity index (χ1) is 33.0. The van der Waals surface area contributed by atoms with Crippen LogP contribution in [-0.2, 0) is 28.6 Å². The minimum absolute atomic E-state index is 0.0787. The van der Waals surface area contributed by atoms with E-state index in [2.05, 4.69) is 106 Å². The van der Waals surface area contributed by atoms with Gasteiger partial charge in [-0.2, -0.15) is 0 Å². The van der Waals surface area contributed by atoms with Crippen molar-refractivity contribution in [2.45, 2.75) is 271 Å². The van der Waals surface area contributed by atoms with Crippen molar-refractivity contribution in [1.82, 2.24) is 0 Å². The summed E-state index contributed by atoms with van der Waals surface area (Å²) in [5.74, 6) is -0.894. The van der Waals surface area contributed by atoms with Gasteiger partial charge in [0, 0.05) is 19.3 Å². The van der Waals surface area contributed by atoms with Crippen molar-refractivity contribution in [2.75, 3.05) is 13.2 Å². The Balaban J connectivity index is 4.14. The molecule has 0 aliphatic carbocycles. The van der Waals surface area contributed by atoms with Gasteiger partial charge in [0.25, 0.3) is 0 Å². The molecule has 0 saturated carbocycles. The maximum atomic E-state index is 12.7. The van der Waals surface area contributed by atoms with Crippen LogP contribution < -0.4 is 0 Å². The Morgan fingerprint density at radius 1 is 0.313 bits per heavy atom. The van der Waals surface area contributed by atoms with Crippen molar-refractivity contribution in [2.24, 2.45) is 0 Å². The van der Waals surface area contributed by atoms with Gasteiger partial charge in [0.1, 0.15) is 13.2 Å². The number of ether oxygens (including phenoxy) is 3. The Bertz CT molecular complexity index is 1300. The molecule has 0 aromatic carbocycles. The maximum absolute atomic E-state index is 12.7. The lowest BCUT2D eigenvalue weighted by Crippen LogP contribution is -2.30. The van der Waals surface area contributed by atoms with Crippen molar-refractivity contribution < 1.29 is 28.6 Å². The first kappa shape index (κ1) is 63.6. The highest BCUT2D eigenvalue weighted by molar-refractivity contribution is 5.71. The van der Waals surface area contributed by atoms with E-state index in [9.17, 15) is 14.4 Å². The molecule has 0 radical (unpaired) electrons. The van der Waals surface area contributed by atoms with E-state index < -0.39 is 6.10 Å². The van der Waals surface area contributed by atoms with Gasteiger partial charge in [-0.15, -0.1) is 0 Å². The molecular weight excluding hydrogens is 829 g/mol. The predicted octanol–water partition coefficient (Wildman–Crippen LogP) is 18.8. The highest BCUT2D eigenvalue weighted by Gasteiger charge is 2.19. The monoisotopic (exact) mass is 933 g/mol. The van der Waals surface area contributed by atoms with Gasteiger partial charge in [-0.05, 0) is 89.9 Å². The molecule has 0 amide bonds. The van der Waals surface area contributed by atoms with Gasteiger partial charge in [-0.3, -0.25) is 14.4 Å². The molecule has 0 heterocycles. The third-order valence-corrected chi connectivity index (χ3v) is 11.9. The zero-order chi connectivity index (χ0) is 48.6. The Kier molecular flexibility index (Phi) is 52.4. The first-order valence-electron chi connectivity index (χ1n) is 28.1. The standard InChI is InChI=1S/C61H104O6/c1-4-7-10-13-16-19-22-23-24-25-26-27-28-29-30-31-32-33-34-35-36-37-38-39-40-43-45-48-51-54-60(63)66-57-58(67-61(64)55-52-49-46-42-21-18-15-12-9-6-3)56-65-59(62)53-50-47-44-41-20-17-14-11-8-5-2/h7,10,12,15-16,19,23-24,26-27,29-30,32-33,58H,4-6,8-9,11,13-14,17-18,20-22,25,28,31,34-57H2,1-3H3/b10-7-,15-12-,19-16-,24-23-,27-26-,30-29-,33-32-. The average Bonchev–Trinajstić information content (AvgIpc) is 3.33. The number of esters is 3. The summed E-state index contributed by atoms with van der Waals surface area (Å²) < 4.78 is 16.8. The Morgan fingerprint density at radius 3 is 0.985 bits per heavy atom. The van der Waals surface area contributed by atoms with E-state index in [-0.39, 0.29) is 31.1 Å². The molecule has 0 N–H and O–H groups in total. The van der Waals surface area contributed by atoms with E-state index in [0.29, 0.717) is 19.3 Å². The van der Waals surface area contributed by atoms with Crippen LogP contribution in [0.5, 0.6) is 0 Å². The number of rotatable bonds is 50. The third kappa shape index (κ3) is 53.4. The molecule has 0 fully saturated rings. The highest BCUT2D eigenvalue weighted by atomic mass is 16.6. The molecule has 1 atom stereocenters. The van der Waals surface area contributed by atoms with E-state index in [0.717, 1.165) is 116 Å². The molecule has 0 aliphatic rings. The van der Waals surface area contributed by atoms with Crippen LogP contribution in [0.25, 0.3) is 0 Å². The zero-order valence-corrected chi connectivity index (χ0v) is 43.9. The Labute approximate surface area is 414 Å². The quantitative estimate of drug-likeness (QED) is 0.0262. The maximum Gasteiger partial charge on any atom is 0.306 e. The highest BCUT2D eigenvalue weighted by Crippen LogP contribution is 2.15. The van der Waals surface area contributed by atoms with Crippen LogP contribution in [0.2, 0.25) is 0 Å². The predicted molar refractivity (Wildman–Crippen MR) is 288 cm³/mol. The molecule has 0 aromatic heterocycles. The van der Waals surface area contributed by atoms with Gasteiger partial charge in [-0.1, -0.05) is 241 Å². The lowest BCUT2D eigenvalue weighted by molar-refractivity contribution is -0.167. The van der Waals surface area contributed by atoms with Gasteiger partial charge in [-0.25, -0.2) is 0 Å². The normalized spacial score (nSPS) is 12.7. The molecule has 0 aromatic rings. The summed E-state index contributed by atoms with van der Waals surface area (Å²) >= 11 is 0. The van der Waals surface area contributed by atoms with Crippen LogP contribution in [-0.4, -0.2) is 37.2 Å². The van der Waals surface area contributed by atoms with Gasteiger partial charge >= 0.3 is 17.9 Å². The summed E-state index contributed by atoms with van der Waals surface area (Å²) in [5, 5.41) is 0. The van der Waals surface area contributed by atoms with E-state index in [4.69, 9.17) is 14.2 Å². The smallest absolute Gasteiger partial charge is 0.306 e.